The largest absolute Gasteiger partial charge is 0.465 e. The Bertz CT molecular complexity index is 294. The summed E-state index contributed by atoms with van der Waals surface area (Å²) in [6.45, 7) is 1.71. The van der Waals surface area contributed by atoms with Crippen LogP contribution in [-0.4, -0.2) is 23.3 Å². The first-order valence-electron chi connectivity index (χ1n) is 3.30. The van der Waals surface area contributed by atoms with Crippen molar-refractivity contribution in [3.8, 4) is 0 Å². The van der Waals surface area contributed by atoms with E-state index in [1.165, 1.54) is 7.11 Å². The third-order valence-electron chi connectivity index (χ3n) is 1.47. The molecule has 1 aromatic heterocycles. The van der Waals surface area contributed by atoms with Gasteiger partial charge in [-0.05, 0) is 6.92 Å². The number of hydrogen-bond donors (Lipinski definition) is 3. The van der Waals surface area contributed by atoms with Crippen molar-refractivity contribution >= 4 is 11.8 Å². The maximum absolute atomic E-state index is 11.1. The van der Waals surface area contributed by atoms with Gasteiger partial charge in [-0.25, -0.2) is 10.6 Å². The van der Waals surface area contributed by atoms with Crippen molar-refractivity contribution in [3.63, 3.8) is 0 Å². The molecule has 0 aliphatic rings. The van der Waals surface area contributed by atoms with E-state index < -0.39 is 5.97 Å². The quantitative estimate of drug-likeness (QED) is 0.324. The lowest BCUT2D eigenvalue weighted by Crippen LogP contribution is -2.12. The van der Waals surface area contributed by atoms with Crippen LogP contribution in [0.1, 0.15) is 16.1 Å². The molecule has 0 amide bonds. The van der Waals surface area contributed by atoms with Crippen molar-refractivity contribution in [3.05, 3.63) is 11.3 Å². The number of nitrogens with one attached hydrogen (secondary N) is 2. The van der Waals surface area contributed by atoms with Crippen molar-refractivity contribution in [2.45, 2.75) is 6.92 Å². The van der Waals surface area contributed by atoms with Crippen LogP contribution in [0.3, 0.4) is 0 Å². The fraction of sp³-hybridized carbons (Fsp3) is 0.333. The molecule has 0 atom stereocenters. The number of esters is 1. The third kappa shape index (κ3) is 1.24. The highest BCUT2D eigenvalue weighted by molar-refractivity contribution is 5.95. The summed E-state index contributed by atoms with van der Waals surface area (Å²) in [6, 6.07) is 0. The van der Waals surface area contributed by atoms with Gasteiger partial charge in [0.05, 0.1) is 7.11 Å². The van der Waals surface area contributed by atoms with E-state index in [9.17, 15) is 4.79 Å². The first kappa shape index (κ1) is 8.54. The second-order valence-corrected chi connectivity index (χ2v) is 2.21. The topological polar surface area (TPSA) is 93.0 Å². The first-order valence-corrected chi connectivity index (χ1v) is 3.30. The molecule has 0 aliphatic heterocycles. The van der Waals surface area contributed by atoms with Gasteiger partial charge >= 0.3 is 5.97 Å². The standard InChI is InChI=1S/C6H10N4O2/c1-3-4(6(11)12-2)5(8-7)10-9-3/h7H2,1-2H3,(H2,8,9,10). The van der Waals surface area contributed by atoms with E-state index in [0.29, 0.717) is 17.1 Å². The number of H-pyrrole nitrogens is 1. The van der Waals surface area contributed by atoms with Crippen LogP contribution >= 0.6 is 0 Å². The van der Waals surface area contributed by atoms with Crippen molar-refractivity contribution in [1.29, 1.82) is 0 Å². The van der Waals surface area contributed by atoms with E-state index >= 15 is 0 Å². The minimum absolute atomic E-state index is 0.291. The average Bonchev–Trinajstić information content (AvgIpc) is 2.45. The van der Waals surface area contributed by atoms with Gasteiger partial charge < -0.3 is 10.2 Å². The molecule has 0 unspecified atom stereocenters. The zero-order chi connectivity index (χ0) is 9.14. The molecule has 66 valence electrons. The molecular weight excluding hydrogens is 160 g/mol. The van der Waals surface area contributed by atoms with Crippen LogP contribution in [0.4, 0.5) is 5.82 Å². The number of nitrogen functional groups attached to an aromatic ring is 1. The van der Waals surface area contributed by atoms with Crippen molar-refractivity contribution in [2.24, 2.45) is 5.84 Å². The second-order valence-electron chi connectivity index (χ2n) is 2.21. The molecule has 0 bridgehead atoms. The molecule has 0 saturated carbocycles. The number of carbonyl (C=O) groups is 1. The Labute approximate surface area is 69.1 Å². The van der Waals surface area contributed by atoms with Gasteiger partial charge in [0.25, 0.3) is 0 Å². The van der Waals surface area contributed by atoms with Crippen molar-refractivity contribution < 1.29 is 9.53 Å². The molecular formula is C6H10N4O2. The number of carbonyl (C=O) groups excluding carboxylic acids is 1. The number of nitrogens with two attached hydrogens (primary N) is 1. The van der Waals surface area contributed by atoms with Crippen LogP contribution in [0.25, 0.3) is 0 Å². The Balaban J connectivity index is 3.10. The minimum atomic E-state index is -0.464. The normalized spacial score (nSPS) is 9.58. The number of ether oxygens (including phenoxy) is 1. The fourth-order valence-corrected chi connectivity index (χ4v) is 0.885. The summed E-state index contributed by atoms with van der Waals surface area (Å²) < 4.78 is 4.52. The highest BCUT2D eigenvalue weighted by atomic mass is 16.5. The molecule has 0 aromatic carbocycles. The molecule has 0 fully saturated rings. The predicted molar refractivity (Wildman–Crippen MR) is 42.5 cm³/mol. The molecule has 0 radical (unpaired) electrons. The highest BCUT2D eigenvalue weighted by Crippen LogP contribution is 2.15. The van der Waals surface area contributed by atoms with Gasteiger partial charge in [-0.2, -0.15) is 5.10 Å². The molecule has 0 aliphatic carbocycles. The van der Waals surface area contributed by atoms with Gasteiger partial charge in [-0.3, -0.25) is 5.10 Å². The number of aromatic amines is 1. The van der Waals surface area contributed by atoms with E-state index in [1.54, 1.807) is 6.92 Å². The van der Waals surface area contributed by atoms with Crippen molar-refractivity contribution in [1.82, 2.24) is 10.2 Å². The predicted octanol–water partition coefficient (Wildman–Crippen LogP) is -0.210. The van der Waals surface area contributed by atoms with Gasteiger partial charge in [0.1, 0.15) is 5.56 Å². The number of rotatable bonds is 2. The number of methoxy groups -OCH3 is 1. The Morgan fingerprint density at radius 3 is 2.92 bits per heavy atom. The lowest BCUT2D eigenvalue weighted by Gasteiger charge is -1.99. The van der Waals surface area contributed by atoms with Crippen LogP contribution in [-0.2, 0) is 4.74 Å². The summed E-state index contributed by atoms with van der Waals surface area (Å²) in [5.41, 5.74) is 3.24. The summed E-state index contributed by atoms with van der Waals surface area (Å²) in [7, 11) is 1.30. The van der Waals surface area contributed by atoms with Gasteiger partial charge in [0, 0.05) is 5.69 Å². The Morgan fingerprint density at radius 2 is 2.42 bits per heavy atom. The summed E-state index contributed by atoms with van der Waals surface area (Å²) in [4.78, 5) is 11.1. The second kappa shape index (κ2) is 3.22. The Hall–Kier alpha value is -1.56. The summed E-state index contributed by atoms with van der Waals surface area (Å²) in [5.74, 6) is 4.94. The van der Waals surface area contributed by atoms with Crippen LogP contribution in [0.5, 0.6) is 0 Å². The fourth-order valence-electron chi connectivity index (χ4n) is 0.885. The van der Waals surface area contributed by atoms with Crippen LogP contribution < -0.4 is 11.3 Å². The third-order valence-corrected chi connectivity index (χ3v) is 1.47. The highest BCUT2D eigenvalue weighted by Gasteiger charge is 2.17. The van der Waals surface area contributed by atoms with Crippen LogP contribution in [0.15, 0.2) is 0 Å². The van der Waals surface area contributed by atoms with Gasteiger partial charge in [0.15, 0.2) is 5.82 Å². The number of aryl methyl sites for hydroxylation is 1. The van der Waals surface area contributed by atoms with E-state index in [2.05, 4.69) is 20.4 Å². The number of anilines is 1. The molecule has 1 heterocycles. The minimum Gasteiger partial charge on any atom is -0.465 e. The van der Waals surface area contributed by atoms with E-state index in [4.69, 9.17) is 5.84 Å². The number of nitrogens with zero attached hydrogens (tertiary/aromatic N) is 1. The molecule has 0 spiro atoms. The van der Waals surface area contributed by atoms with E-state index in [0.717, 1.165) is 0 Å². The maximum atomic E-state index is 11.1. The smallest absolute Gasteiger partial charge is 0.343 e. The van der Waals surface area contributed by atoms with Gasteiger partial charge in [-0.1, -0.05) is 0 Å². The van der Waals surface area contributed by atoms with Gasteiger partial charge in [-0.15, -0.1) is 0 Å². The van der Waals surface area contributed by atoms with Gasteiger partial charge in [0.2, 0.25) is 0 Å². The SMILES string of the molecule is COC(=O)c1c(NN)n[nH]c1C. The zero-order valence-electron chi connectivity index (χ0n) is 6.84. The summed E-state index contributed by atoms with van der Waals surface area (Å²) in [5, 5.41) is 6.35. The Morgan fingerprint density at radius 1 is 1.75 bits per heavy atom. The maximum Gasteiger partial charge on any atom is 0.343 e. The number of hydrogen-bond acceptors (Lipinski definition) is 5. The first-order chi connectivity index (χ1) is 5.70. The summed E-state index contributed by atoms with van der Waals surface area (Å²) >= 11 is 0. The van der Waals surface area contributed by atoms with Crippen molar-refractivity contribution in [2.75, 3.05) is 12.5 Å². The molecule has 0 saturated heterocycles. The number of aromatic nitrogens is 2. The van der Waals surface area contributed by atoms with E-state index in [-0.39, 0.29) is 0 Å². The molecule has 6 heteroatoms. The molecule has 1 rings (SSSR count). The summed E-state index contributed by atoms with van der Waals surface area (Å²) in [6.07, 6.45) is 0. The molecule has 12 heavy (non-hydrogen) atoms. The lowest BCUT2D eigenvalue weighted by molar-refractivity contribution is 0.0601. The van der Waals surface area contributed by atoms with Crippen LogP contribution in [0.2, 0.25) is 0 Å². The monoisotopic (exact) mass is 170 g/mol. The molecule has 4 N–H and O–H groups in total. The van der Waals surface area contributed by atoms with Crippen LogP contribution in [0, 0.1) is 6.92 Å². The Kier molecular flexibility index (Phi) is 2.29. The number of hydrazine groups is 1. The molecule has 6 nitrogen and oxygen atoms in total. The zero-order valence-corrected chi connectivity index (χ0v) is 6.84. The lowest BCUT2D eigenvalue weighted by atomic mass is 10.2. The molecule has 1 aromatic rings. The average molecular weight is 170 g/mol. The van der Waals surface area contributed by atoms with E-state index in [1.807, 2.05) is 0 Å².